The Balaban J connectivity index is 2.70. The Kier molecular flexibility index (Phi) is 4.81. The van der Waals surface area contributed by atoms with Gasteiger partial charge in [-0.3, -0.25) is 4.79 Å². The molecule has 0 bridgehead atoms. The van der Waals surface area contributed by atoms with Crippen molar-refractivity contribution in [2.24, 2.45) is 5.73 Å². The highest BCUT2D eigenvalue weighted by Gasteiger charge is 2.28. The summed E-state index contributed by atoms with van der Waals surface area (Å²) in [5.74, 6) is 0.745. The molecule has 5 nitrogen and oxygen atoms in total. The molecule has 1 atom stereocenters. The topological polar surface area (TPSA) is 73.8 Å². The van der Waals surface area contributed by atoms with Crippen LogP contribution < -0.4 is 5.73 Å². The Hall–Kier alpha value is -1.23. The lowest BCUT2D eigenvalue weighted by Crippen LogP contribution is -2.46. The van der Waals surface area contributed by atoms with Crippen molar-refractivity contribution in [3.05, 3.63) is 12.2 Å². The fourth-order valence-corrected chi connectivity index (χ4v) is 1.83. The molecule has 0 aromatic carbocycles. The molecule has 0 fully saturated rings. The molecule has 0 radical (unpaired) electrons. The maximum Gasteiger partial charge on any atom is 0.159 e. The quantitative estimate of drug-likeness (QED) is 0.777. The summed E-state index contributed by atoms with van der Waals surface area (Å²) in [4.78, 5) is 16.2. The molecule has 1 heterocycles. The number of rotatable bonds is 7. The first-order valence-corrected chi connectivity index (χ1v) is 6.20. The van der Waals surface area contributed by atoms with Crippen molar-refractivity contribution in [3.63, 3.8) is 0 Å². The van der Waals surface area contributed by atoms with E-state index < -0.39 is 5.54 Å². The molecule has 0 spiro atoms. The largest absolute Gasteiger partial charge is 0.319 e. The van der Waals surface area contributed by atoms with Gasteiger partial charge in [0.1, 0.15) is 12.2 Å². The highest BCUT2D eigenvalue weighted by atomic mass is 16.1. The zero-order chi connectivity index (χ0) is 12.9. The maximum absolute atomic E-state index is 12.1. The zero-order valence-electron chi connectivity index (χ0n) is 10.9. The van der Waals surface area contributed by atoms with E-state index in [-0.39, 0.29) is 12.2 Å². The normalized spacial score (nSPS) is 14.6. The van der Waals surface area contributed by atoms with Gasteiger partial charge in [-0.15, -0.1) is 0 Å². The highest BCUT2D eigenvalue weighted by Crippen LogP contribution is 2.12. The molecule has 1 rings (SSSR count). The molecule has 5 heteroatoms. The van der Waals surface area contributed by atoms with Crippen molar-refractivity contribution in [1.82, 2.24) is 14.8 Å². The van der Waals surface area contributed by atoms with Crippen molar-refractivity contribution in [3.8, 4) is 0 Å². The van der Waals surface area contributed by atoms with E-state index in [1.165, 1.54) is 6.33 Å². The predicted molar refractivity (Wildman–Crippen MR) is 66.5 cm³/mol. The van der Waals surface area contributed by atoms with Crippen LogP contribution in [0, 0.1) is 0 Å². The fraction of sp³-hybridized carbons (Fsp3) is 0.750. The van der Waals surface area contributed by atoms with Crippen LogP contribution in [0.4, 0.5) is 0 Å². The van der Waals surface area contributed by atoms with Gasteiger partial charge in [0.15, 0.2) is 5.78 Å². The summed E-state index contributed by atoms with van der Waals surface area (Å²) in [5, 5.41) is 4.10. The third-order valence-corrected chi connectivity index (χ3v) is 2.86. The second-order valence-corrected chi connectivity index (χ2v) is 4.67. The van der Waals surface area contributed by atoms with Crippen LogP contribution in [-0.4, -0.2) is 26.1 Å². The minimum atomic E-state index is -0.752. The van der Waals surface area contributed by atoms with Crippen LogP contribution in [-0.2, 0) is 17.8 Å². The number of Topliss-reactive ketones (excluding diaryl/α,β-unsaturated/α-hetero) is 1. The molecule has 0 saturated heterocycles. The van der Waals surface area contributed by atoms with Crippen molar-refractivity contribution < 1.29 is 4.79 Å². The van der Waals surface area contributed by atoms with Gasteiger partial charge < -0.3 is 5.73 Å². The van der Waals surface area contributed by atoms with Gasteiger partial charge in [-0.1, -0.05) is 20.3 Å². The molecule has 0 aliphatic carbocycles. The van der Waals surface area contributed by atoms with Crippen LogP contribution in [0.5, 0.6) is 0 Å². The van der Waals surface area contributed by atoms with Crippen molar-refractivity contribution in [2.75, 3.05) is 0 Å². The molecular weight excluding hydrogens is 216 g/mol. The lowest BCUT2D eigenvalue weighted by atomic mass is 9.90. The van der Waals surface area contributed by atoms with Crippen molar-refractivity contribution in [1.29, 1.82) is 0 Å². The predicted octanol–water partition coefficient (Wildman–Crippen LogP) is 1.32. The SMILES string of the molecule is CCCn1ncnc1CC(=O)C(C)(N)CCC. The van der Waals surface area contributed by atoms with Gasteiger partial charge in [-0.2, -0.15) is 5.10 Å². The van der Waals surface area contributed by atoms with Crippen LogP contribution in [0.1, 0.15) is 45.9 Å². The van der Waals surface area contributed by atoms with E-state index >= 15 is 0 Å². The molecule has 0 aliphatic rings. The molecule has 2 N–H and O–H groups in total. The van der Waals surface area contributed by atoms with E-state index in [9.17, 15) is 4.79 Å². The van der Waals surface area contributed by atoms with E-state index in [4.69, 9.17) is 5.73 Å². The van der Waals surface area contributed by atoms with Gasteiger partial charge in [0.25, 0.3) is 0 Å². The maximum atomic E-state index is 12.1. The minimum Gasteiger partial charge on any atom is -0.319 e. The van der Waals surface area contributed by atoms with Crippen LogP contribution in [0.3, 0.4) is 0 Å². The summed E-state index contributed by atoms with van der Waals surface area (Å²) in [6.45, 7) is 6.67. The average molecular weight is 238 g/mol. The number of hydrogen-bond donors (Lipinski definition) is 1. The van der Waals surface area contributed by atoms with Gasteiger partial charge in [-0.05, 0) is 19.8 Å². The molecular formula is C12H22N4O. The third kappa shape index (κ3) is 3.63. The Labute approximate surface area is 102 Å². The second kappa shape index (κ2) is 5.91. The Bertz CT molecular complexity index is 370. The highest BCUT2D eigenvalue weighted by molar-refractivity contribution is 5.89. The van der Waals surface area contributed by atoms with Gasteiger partial charge in [0.05, 0.1) is 12.0 Å². The van der Waals surface area contributed by atoms with Crippen LogP contribution in [0.15, 0.2) is 6.33 Å². The summed E-state index contributed by atoms with van der Waals surface area (Å²) >= 11 is 0. The molecule has 0 saturated carbocycles. The fourth-order valence-electron chi connectivity index (χ4n) is 1.83. The number of nitrogens with zero attached hydrogens (tertiary/aromatic N) is 3. The first kappa shape index (κ1) is 13.8. The molecule has 1 unspecified atom stereocenters. The molecule has 17 heavy (non-hydrogen) atoms. The number of nitrogens with two attached hydrogens (primary N) is 1. The first-order chi connectivity index (χ1) is 8.01. The van der Waals surface area contributed by atoms with E-state index in [0.29, 0.717) is 12.2 Å². The lowest BCUT2D eigenvalue weighted by Gasteiger charge is -2.22. The van der Waals surface area contributed by atoms with Crippen LogP contribution >= 0.6 is 0 Å². The third-order valence-electron chi connectivity index (χ3n) is 2.86. The molecule has 0 amide bonds. The van der Waals surface area contributed by atoms with E-state index in [0.717, 1.165) is 19.4 Å². The van der Waals surface area contributed by atoms with Gasteiger partial charge in [0, 0.05) is 6.54 Å². The number of aryl methyl sites for hydroxylation is 1. The number of hydrogen-bond acceptors (Lipinski definition) is 4. The monoisotopic (exact) mass is 238 g/mol. The zero-order valence-corrected chi connectivity index (χ0v) is 10.9. The van der Waals surface area contributed by atoms with Gasteiger partial charge in [0.2, 0.25) is 0 Å². The molecule has 1 aromatic heterocycles. The first-order valence-electron chi connectivity index (χ1n) is 6.20. The van der Waals surface area contributed by atoms with Crippen LogP contribution in [0.25, 0.3) is 0 Å². The summed E-state index contributed by atoms with van der Waals surface area (Å²) in [7, 11) is 0. The second-order valence-electron chi connectivity index (χ2n) is 4.67. The molecule has 1 aromatic rings. The summed E-state index contributed by atoms with van der Waals surface area (Å²) in [6, 6.07) is 0. The van der Waals surface area contributed by atoms with Crippen molar-refractivity contribution >= 4 is 5.78 Å². The standard InChI is InChI=1S/C12H22N4O/c1-4-6-12(3,13)10(17)8-11-14-9-15-16(11)7-5-2/h9H,4-8,13H2,1-3H3. The van der Waals surface area contributed by atoms with E-state index in [1.807, 2.05) is 6.92 Å². The van der Waals surface area contributed by atoms with Crippen molar-refractivity contribution in [2.45, 2.75) is 58.5 Å². The smallest absolute Gasteiger partial charge is 0.159 e. The summed E-state index contributed by atoms with van der Waals surface area (Å²) in [6.07, 6.45) is 4.34. The number of carbonyl (C=O) groups excluding carboxylic acids is 1. The van der Waals surface area contributed by atoms with E-state index in [2.05, 4.69) is 17.0 Å². The summed E-state index contributed by atoms with van der Waals surface area (Å²) in [5.41, 5.74) is 5.25. The lowest BCUT2D eigenvalue weighted by molar-refractivity contribution is -0.123. The Morgan fingerprint density at radius 2 is 2.18 bits per heavy atom. The number of carbonyl (C=O) groups is 1. The van der Waals surface area contributed by atoms with Crippen LogP contribution in [0.2, 0.25) is 0 Å². The molecule has 96 valence electrons. The number of aromatic nitrogens is 3. The summed E-state index contributed by atoms with van der Waals surface area (Å²) < 4.78 is 1.78. The Morgan fingerprint density at radius 3 is 2.76 bits per heavy atom. The number of ketones is 1. The average Bonchev–Trinajstić information content (AvgIpc) is 2.66. The van der Waals surface area contributed by atoms with Gasteiger partial charge in [-0.25, -0.2) is 9.67 Å². The van der Waals surface area contributed by atoms with E-state index in [1.54, 1.807) is 11.6 Å². The van der Waals surface area contributed by atoms with Gasteiger partial charge >= 0.3 is 0 Å². The Morgan fingerprint density at radius 1 is 1.47 bits per heavy atom. The minimum absolute atomic E-state index is 0.0321. The molecule has 0 aliphatic heterocycles.